The maximum atomic E-state index is 9.19. The van der Waals surface area contributed by atoms with Crippen LogP contribution in [0.25, 0.3) is 0 Å². The summed E-state index contributed by atoms with van der Waals surface area (Å²) >= 11 is 0. The van der Waals surface area contributed by atoms with Crippen molar-refractivity contribution in [3.05, 3.63) is 0 Å². The molecule has 0 unspecified atom stereocenters. The molecule has 0 rings (SSSR count). The smallest absolute Gasteiger partial charge is 0.274 e. The van der Waals surface area contributed by atoms with Crippen LogP contribution in [0, 0.1) is 10.7 Å². The van der Waals surface area contributed by atoms with Crippen molar-refractivity contribution in [1.29, 1.82) is 5.26 Å². The summed E-state index contributed by atoms with van der Waals surface area (Å²) in [5.41, 5.74) is 0. The average Bonchev–Trinajstić information content (AvgIpc) is 1.35. The van der Waals surface area contributed by atoms with Gasteiger partial charge in [0.2, 0.25) is 5.40 Å². The molecule has 1 N–H and O–H groups in total. The molecule has 1 radical (unpaired) electrons. The fourth-order valence-electron chi connectivity index (χ4n) is 0. The van der Waals surface area contributed by atoms with Crippen LogP contribution in [0.2, 0.25) is 0 Å². The molecule has 35 valence electrons. The largest absolute Gasteiger partial charge is 0.360 e. The first kappa shape index (κ1) is 10.4. The Kier molecular flexibility index (Phi) is 5.06. The van der Waals surface area contributed by atoms with Crippen LogP contribution >= 0.6 is 0 Å². The SMILES string of the molecule is N#CS(=O)(=O)O.[Na]. The summed E-state index contributed by atoms with van der Waals surface area (Å²) in [4.78, 5) is 0. The van der Waals surface area contributed by atoms with Gasteiger partial charge in [-0.3, -0.25) is 4.55 Å². The molecule has 4 nitrogen and oxygen atoms in total. The van der Waals surface area contributed by atoms with Gasteiger partial charge in [0.15, 0.2) is 0 Å². The van der Waals surface area contributed by atoms with E-state index in [2.05, 4.69) is 0 Å². The molecule has 0 aromatic heterocycles. The van der Waals surface area contributed by atoms with E-state index < -0.39 is 10.1 Å². The monoisotopic (exact) mass is 130 g/mol. The molecule has 0 saturated carbocycles. The standard InChI is InChI=1S/CHNO3S.Na/c2-1-6(3,4)5;/h(H,3,4,5);. The molecule has 0 saturated heterocycles. The van der Waals surface area contributed by atoms with E-state index in [-0.39, 0.29) is 29.6 Å². The number of thiocyanates is 1. The van der Waals surface area contributed by atoms with E-state index in [4.69, 9.17) is 9.81 Å². The van der Waals surface area contributed by atoms with Gasteiger partial charge in [0.05, 0.1) is 0 Å². The summed E-state index contributed by atoms with van der Waals surface area (Å²) in [5.74, 6) is 0. The summed E-state index contributed by atoms with van der Waals surface area (Å²) in [5, 5.41) is 7.95. The van der Waals surface area contributed by atoms with Gasteiger partial charge in [-0.15, -0.1) is 0 Å². The third kappa shape index (κ3) is 10.7. The van der Waals surface area contributed by atoms with Crippen LogP contribution in [0.4, 0.5) is 0 Å². The van der Waals surface area contributed by atoms with Crippen molar-refractivity contribution < 1.29 is 13.0 Å². The Balaban J connectivity index is 0. The maximum absolute atomic E-state index is 9.19. The van der Waals surface area contributed by atoms with Crippen molar-refractivity contribution in [3.63, 3.8) is 0 Å². The molecule has 0 aliphatic rings. The fraction of sp³-hybridized carbons (Fsp3) is 0. The number of hydrogen-bond donors (Lipinski definition) is 1. The third-order valence-electron chi connectivity index (χ3n) is 0.115. The fourth-order valence-corrected chi connectivity index (χ4v) is 0. The Hall–Kier alpha value is 0.400. The quantitative estimate of drug-likeness (QED) is 0.197. The molecule has 0 spiro atoms. The van der Waals surface area contributed by atoms with Crippen molar-refractivity contribution in [1.82, 2.24) is 0 Å². The number of nitrogens with zero attached hydrogens (tertiary/aromatic N) is 1. The zero-order chi connectivity index (χ0) is 5.21. The van der Waals surface area contributed by atoms with Crippen LogP contribution in [0.1, 0.15) is 0 Å². The molecular formula is CHNNaO3S. The van der Waals surface area contributed by atoms with E-state index >= 15 is 0 Å². The van der Waals surface area contributed by atoms with Gasteiger partial charge >= 0.3 is 10.1 Å². The van der Waals surface area contributed by atoms with Crippen LogP contribution in [0.5, 0.6) is 0 Å². The van der Waals surface area contributed by atoms with Crippen molar-refractivity contribution in [2.45, 2.75) is 0 Å². The first-order valence-electron chi connectivity index (χ1n) is 0.944. The molecule has 0 bridgehead atoms. The summed E-state index contributed by atoms with van der Waals surface area (Å²) in [6, 6.07) is 0. The minimum atomic E-state index is -4.36. The molecule has 0 heterocycles. The molecule has 0 fully saturated rings. The second-order valence-electron chi connectivity index (χ2n) is 0.566. The molecule has 0 aromatic rings. The van der Waals surface area contributed by atoms with Gasteiger partial charge < -0.3 is 0 Å². The van der Waals surface area contributed by atoms with E-state index in [1.54, 1.807) is 0 Å². The summed E-state index contributed by atoms with van der Waals surface area (Å²) in [7, 11) is -4.36. The van der Waals surface area contributed by atoms with Crippen molar-refractivity contribution in [3.8, 4) is 5.40 Å². The van der Waals surface area contributed by atoms with E-state index in [0.717, 1.165) is 0 Å². The van der Waals surface area contributed by atoms with Gasteiger partial charge in [0.1, 0.15) is 0 Å². The van der Waals surface area contributed by atoms with Crippen molar-refractivity contribution in [2.75, 3.05) is 0 Å². The molecule has 0 aliphatic carbocycles. The van der Waals surface area contributed by atoms with Gasteiger partial charge in [-0.05, 0) is 0 Å². The molecule has 0 amide bonds. The Labute approximate surface area is 63.2 Å². The van der Waals surface area contributed by atoms with Crippen LogP contribution in [0.3, 0.4) is 0 Å². The molecule has 0 aromatic carbocycles. The van der Waals surface area contributed by atoms with Crippen LogP contribution in [-0.2, 0) is 10.1 Å². The van der Waals surface area contributed by atoms with Crippen molar-refractivity contribution >= 4 is 39.7 Å². The van der Waals surface area contributed by atoms with Crippen LogP contribution < -0.4 is 0 Å². The first-order chi connectivity index (χ1) is 2.56. The zero-order valence-corrected chi connectivity index (χ0v) is 6.44. The normalized spacial score (nSPS) is 8.57. The Morgan fingerprint density at radius 1 is 1.57 bits per heavy atom. The summed E-state index contributed by atoms with van der Waals surface area (Å²) < 4.78 is 25.8. The third-order valence-corrected chi connectivity index (χ3v) is 0.346. The molecule has 0 aliphatic heterocycles. The van der Waals surface area contributed by atoms with Crippen LogP contribution in [0.15, 0.2) is 0 Å². The van der Waals surface area contributed by atoms with Crippen LogP contribution in [-0.4, -0.2) is 42.5 Å². The predicted molar refractivity (Wildman–Crippen MR) is 22.9 cm³/mol. The van der Waals surface area contributed by atoms with E-state index in [0.29, 0.717) is 5.40 Å². The first-order valence-corrected chi connectivity index (χ1v) is 2.38. The Bertz CT molecular complexity index is 164. The minimum absolute atomic E-state index is 0. The topological polar surface area (TPSA) is 78.2 Å². The summed E-state index contributed by atoms with van der Waals surface area (Å²) in [6.07, 6.45) is 0. The average molecular weight is 130 g/mol. The van der Waals surface area contributed by atoms with E-state index in [1.807, 2.05) is 0 Å². The Morgan fingerprint density at radius 3 is 1.71 bits per heavy atom. The van der Waals surface area contributed by atoms with E-state index in [1.165, 1.54) is 0 Å². The van der Waals surface area contributed by atoms with Gasteiger partial charge in [-0.2, -0.15) is 13.7 Å². The predicted octanol–water partition coefficient (Wildman–Crippen LogP) is -1.03. The van der Waals surface area contributed by atoms with Gasteiger partial charge in [-0.25, -0.2) is 0 Å². The molecular weight excluding hydrogens is 129 g/mol. The maximum Gasteiger partial charge on any atom is 0.360 e. The molecule has 6 heteroatoms. The second kappa shape index (κ2) is 3.41. The zero-order valence-electron chi connectivity index (χ0n) is 3.62. The van der Waals surface area contributed by atoms with Gasteiger partial charge in [0.25, 0.3) is 0 Å². The minimum Gasteiger partial charge on any atom is -0.274 e. The number of nitriles is 1. The van der Waals surface area contributed by atoms with Gasteiger partial charge in [0, 0.05) is 29.6 Å². The Morgan fingerprint density at radius 2 is 1.71 bits per heavy atom. The molecule has 7 heavy (non-hydrogen) atoms. The number of rotatable bonds is 0. The van der Waals surface area contributed by atoms with Gasteiger partial charge in [-0.1, -0.05) is 0 Å². The summed E-state index contributed by atoms with van der Waals surface area (Å²) in [6.45, 7) is 0. The second-order valence-corrected chi connectivity index (χ2v) is 1.70. The molecule has 0 atom stereocenters. The van der Waals surface area contributed by atoms with E-state index in [9.17, 15) is 8.42 Å². The van der Waals surface area contributed by atoms with Crippen molar-refractivity contribution in [2.24, 2.45) is 0 Å². The number of hydrogen-bond acceptors (Lipinski definition) is 3.